The van der Waals surface area contributed by atoms with Gasteiger partial charge in [-0.2, -0.15) is 0 Å². The van der Waals surface area contributed by atoms with Crippen molar-refractivity contribution in [3.05, 3.63) is 66.1 Å². The Morgan fingerprint density at radius 3 is 2.57 bits per heavy atom. The molecule has 0 radical (unpaired) electrons. The quantitative estimate of drug-likeness (QED) is 0.558. The van der Waals surface area contributed by atoms with Crippen molar-refractivity contribution >= 4 is 29.0 Å². The van der Waals surface area contributed by atoms with E-state index in [0.717, 1.165) is 0 Å². The van der Waals surface area contributed by atoms with Gasteiger partial charge in [0.05, 0.1) is 7.11 Å². The van der Waals surface area contributed by atoms with E-state index in [1.54, 1.807) is 48.5 Å². The number of hydrogen-bond acceptors (Lipinski definition) is 7. The smallest absolute Gasteiger partial charge is 0.347 e. The van der Waals surface area contributed by atoms with Crippen LogP contribution in [0.2, 0.25) is 0 Å². The third kappa shape index (κ3) is 4.67. The summed E-state index contributed by atoms with van der Waals surface area (Å²) >= 11 is 0. The minimum Gasteiger partial charge on any atom is -0.497 e. The SMILES string of the molecule is COc1cccc(NC(=O)COC(=O)C2=C(Nc3ccccc3)OCC2=O)c1. The predicted molar refractivity (Wildman–Crippen MR) is 101 cm³/mol. The molecule has 2 aromatic carbocycles. The number of ether oxygens (including phenoxy) is 3. The van der Waals surface area contributed by atoms with E-state index >= 15 is 0 Å². The van der Waals surface area contributed by atoms with Crippen LogP contribution in [0.5, 0.6) is 5.75 Å². The summed E-state index contributed by atoms with van der Waals surface area (Å²) in [4.78, 5) is 36.3. The molecule has 0 spiro atoms. The van der Waals surface area contributed by atoms with E-state index in [1.165, 1.54) is 7.11 Å². The number of Topliss-reactive ketones (excluding diaryl/α,β-unsaturated/α-hetero) is 1. The van der Waals surface area contributed by atoms with Crippen LogP contribution < -0.4 is 15.4 Å². The van der Waals surface area contributed by atoms with Crippen LogP contribution in [0.3, 0.4) is 0 Å². The maximum absolute atomic E-state index is 12.3. The molecule has 0 saturated carbocycles. The summed E-state index contributed by atoms with van der Waals surface area (Å²) in [6, 6.07) is 15.7. The molecule has 1 aliphatic rings. The van der Waals surface area contributed by atoms with Crippen LogP contribution in [0, 0.1) is 0 Å². The Morgan fingerprint density at radius 2 is 1.82 bits per heavy atom. The summed E-state index contributed by atoms with van der Waals surface area (Å²) in [5.74, 6) is -1.41. The highest BCUT2D eigenvalue weighted by Crippen LogP contribution is 2.21. The number of anilines is 2. The molecule has 0 unspecified atom stereocenters. The summed E-state index contributed by atoms with van der Waals surface area (Å²) in [6.45, 7) is -0.818. The molecule has 0 fully saturated rings. The first-order valence-electron chi connectivity index (χ1n) is 8.40. The van der Waals surface area contributed by atoms with Gasteiger partial charge in [0.15, 0.2) is 18.8 Å². The highest BCUT2D eigenvalue weighted by Gasteiger charge is 2.32. The fourth-order valence-electron chi connectivity index (χ4n) is 2.47. The summed E-state index contributed by atoms with van der Waals surface area (Å²) < 4.78 is 15.3. The standard InChI is InChI=1S/C20H18N2O6/c1-26-15-9-5-8-14(10-15)21-17(24)12-28-20(25)18-16(23)11-27-19(18)22-13-6-3-2-4-7-13/h2-10,22H,11-12H2,1H3,(H,21,24). The molecule has 0 saturated heterocycles. The maximum atomic E-state index is 12.3. The van der Waals surface area contributed by atoms with Gasteiger partial charge in [0.25, 0.3) is 5.91 Å². The second-order valence-corrected chi connectivity index (χ2v) is 5.76. The van der Waals surface area contributed by atoms with Gasteiger partial charge in [0.1, 0.15) is 5.75 Å². The number of para-hydroxylation sites is 1. The van der Waals surface area contributed by atoms with Crippen molar-refractivity contribution in [1.29, 1.82) is 0 Å². The molecule has 2 N–H and O–H groups in total. The Labute approximate surface area is 161 Å². The number of ketones is 1. The summed E-state index contributed by atoms with van der Waals surface area (Å²) in [5, 5.41) is 5.44. The Balaban J connectivity index is 1.61. The fourth-order valence-corrected chi connectivity index (χ4v) is 2.47. The number of nitrogens with one attached hydrogen (secondary N) is 2. The Hall–Kier alpha value is -3.81. The van der Waals surface area contributed by atoms with Crippen LogP contribution in [-0.2, 0) is 23.9 Å². The molecule has 1 amide bonds. The molecular weight excluding hydrogens is 364 g/mol. The van der Waals surface area contributed by atoms with Gasteiger partial charge < -0.3 is 24.8 Å². The van der Waals surface area contributed by atoms with Gasteiger partial charge in [-0.25, -0.2) is 4.79 Å². The largest absolute Gasteiger partial charge is 0.497 e. The Bertz CT molecular complexity index is 923. The van der Waals surface area contributed by atoms with Crippen molar-refractivity contribution in [3.63, 3.8) is 0 Å². The van der Waals surface area contributed by atoms with Crippen LogP contribution in [0.4, 0.5) is 11.4 Å². The van der Waals surface area contributed by atoms with Gasteiger partial charge >= 0.3 is 5.97 Å². The molecule has 1 aliphatic heterocycles. The first-order valence-corrected chi connectivity index (χ1v) is 8.40. The minimum atomic E-state index is -0.929. The predicted octanol–water partition coefficient (Wildman–Crippen LogP) is 2.10. The number of hydrogen-bond donors (Lipinski definition) is 2. The van der Waals surface area contributed by atoms with Gasteiger partial charge in [0.2, 0.25) is 11.7 Å². The number of amides is 1. The topological polar surface area (TPSA) is 103 Å². The number of rotatable bonds is 7. The molecule has 2 aromatic rings. The first-order chi connectivity index (χ1) is 13.6. The Kier molecular flexibility index (Phi) is 5.91. The molecular formula is C20H18N2O6. The van der Waals surface area contributed by atoms with E-state index in [0.29, 0.717) is 17.1 Å². The normalized spacial score (nSPS) is 13.0. The highest BCUT2D eigenvalue weighted by molar-refractivity contribution is 6.20. The highest BCUT2D eigenvalue weighted by atomic mass is 16.5. The van der Waals surface area contributed by atoms with Crippen LogP contribution in [0.25, 0.3) is 0 Å². The molecule has 8 heteroatoms. The molecule has 8 nitrogen and oxygen atoms in total. The van der Waals surface area contributed by atoms with Crippen molar-refractivity contribution in [2.75, 3.05) is 31.0 Å². The maximum Gasteiger partial charge on any atom is 0.347 e. The van der Waals surface area contributed by atoms with E-state index in [1.807, 2.05) is 6.07 Å². The van der Waals surface area contributed by atoms with E-state index in [2.05, 4.69) is 10.6 Å². The lowest BCUT2D eigenvalue weighted by Crippen LogP contribution is -2.24. The average molecular weight is 382 g/mol. The number of carbonyl (C=O) groups is 3. The lowest BCUT2D eigenvalue weighted by atomic mass is 10.2. The number of carbonyl (C=O) groups excluding carboxylic acids is 3. The molecule has 28 heavy (non-hydrogen) atoms. The van der Waals surface area contributed by atoms with Crippen LogP contribution in [0.1, 0.15) is 0 Å². The zero-order valence-electron chi connectivity index (χ0n) is 15.1. The molecule has 144 valence electrons. The van der Waals surface area contributed by atoms with Crippen LogP contribution in [-0.4, -0.2) is 38.0 Å². The average Bonchev–Trinajstić information content (AvgIpc) is 3.07. The lowest BCUT2D eigenvalue weighted by molar-refractivity contribution is -0.144. The van der Waals surface area contributed by atoms with E-state index in [4.69, 9.17) is 14.2 Å². The molecule has 3 rings (SSSR count). The van der Waals surface area contributed by atoms with Gasteiger partial charge in [-0.1, -0.05) is 24.3 Å². The molecule has 0 bridgehead atoms. The van der Waals surface area contributed by atoms with E-state index < -0.39 is 24.3 Å². The third-order valence-electron chi connectivity index (χ3n) is 3.78. The molecule has 0 atom stereocenters. The van der Waals surface area contributed by atoms with Crippen molar-refractivity contribution in [2.24, 2.45) is 0 Å². The van der Waals surface area contributed by atoms with Crippen LogP contribution in [0.15, 0.2) is 66.1 Å². The fraction of sp³-hybridized carbons (Fsp3) is 0.150. The Morgan fingerprint density at radius 1 is 1.07 bits per heavy atom. The molecule has 0 aliphatic carbocycles. The van der Waals surface area contributed by atoms with Crippen LogP contribution >= 0.6 is 0 Å². The summed E-state index contributed by atoms with van der Waals surface area (Å²) in [6.07, 6.45) is 0. The van der Waals surface area contributed by atoms with Gasteiger partial charge in [-0.3, -0.25) is 9.59 Å². The number of esters is 1. The molecule has 0 aromatic heterocycles. The van der Waals surface area contributed by atoms with Crippen molar-refractivity contribution in [2.45, 2.75) is 0 Å². The summed E-state index contributed by atoms with van der Waals surface area (Å²) in [7, 11) is 1.51. The van der Waals surface area contributed by atoms with E-state index in [9.17, 15) is 14.4 Å². The van der Waals surface area contributed by atoms with Gasteiger partial charge in [-0.05, 0) is 24.3 Å². The number of benzene rings is 2. The third-order valence-corrected chi connectivity index (χ3v) is 3.78. The van der Waals surface area contributed by atoms with Gasteiger partial charge in [0, 0.05) is 17.4 Å². The van der Waals surface area contributed by atoms with Crippen molar-refractivity contribution in [3.8, 4) is 5.75 Å². The van der Waals surface area contributed by atoms with Crippen molar-refractivity contribution in [1.82, 2.24) is 0 Å². The zero-order valence-corrected chi connectivity index (χ0v) is 15.1. The second kappa shape index (κ2) is 8.72. The molecule has 1 heterocycles. The van der Waals surface area contributed by atoms with E-state index in [-0.39, 0.29) is 18.1 Å². The second-order valence-electron chi connectivity index (χ2n) is 5.76. The first kappa shape index (κ1) is 19.0. The number of methoxy groups -OCH3 is 1. The van der Waals surface area contributed by atoms with Crippen molar-refractivity contribution < 1.29 is 28.6 Å². The summed E-state index contributed by atoms with van der Waals surface area (Å²) in [5.41, 5.74) is 0.887. The lowest BCUT2D eigenvalue weighted by Gasteiger charge is -2.09. The minimum absolute atomic E-state index is 0.00871. The van der Waals surface area contributed by atoms with Gasteiger partial charge in [-0.15, -0.1) is 0 Å². The monoisotopic (exact) mass is 382 g/mol. The zero-order chi connectivity index (χ0) is 19.9.